The zero-order valence-electron chi connectivity index (χ0n) is 21.3. The van der Waals surface area contributed by atoms with E-state index in [9.17, 15) is 32.5 Å². The smallest absolute Gasteiger partial charge is 0.746 e. The molecular formula is C21H30N3NaO8S. The molecule has 1 aromatic rings. The fraction of sp³-hybridized carbons (Fsp3) is 0.571. The molecule has 4 N–H and O–H groups in total. The first-order valence-corrected chi connectivity index (χ1v) is 11.9. The summed E-state index contributed by atoms with van der Waals surface area (Å²) < 4.78 is 55.1. The van der Waals surface area contributed by atoms with Gasteiger partial charge in [-0.05, 0) is 30.7 Å². The Kier molecular flexibility index (Phi) is 11.1. The molecule has 1 heterocycles. The fourth-order valence-corrected chi connectivity index (χ4v) is 3.98. The molecule has 1 aromatic carbocycles. The molecule has 0 aromatic heterocycles. The van der Waals surface area contributed by atoms with E-state index in [0.717, 1.165) is 0 Å². The molecule has 0 aliphatic carbocycles. The number of hydrogen-bond donors (Lipinski definition) is 4. The average Bonchev–Trinajstić information content (AvgIpc) is 3.15. The van der Waals surface area contributed by atoms with Gasteiger partial charge in [-0.15, -0.1) is 0 Å². The molecule has 184 valence electrons. The number of amides is 3. The van der Waals surface area contributed by atoms with Crippen molar-refractivity contribution in [3.63, 3.8) is 0 Å². The van der Waals surface area contributed by atoms with Gasteiger partial charge in [-0.25, -0.2) is 13.2 Å². The minimum atomic E-state index is -5.24. The third kappa shape index (κ3) is 9.88. The van der Waals surface area contributed by atoms with Gasteiger partial charge >= 0.3 is 35.7 Å². The van der Waals surface area contributed by atoms with E-state index in [1.165, 1.54) is 12.1 Å². The molecule has 2 rings (SSSR count). The van der Waals surface area contributed by atoms with Crippen LogP contribution in [0.15, 0.2) is 30.3 Å². The largest absolute Gasteiger partial charge is 1.00 e. The van der Waals surface area contributed by atoms with Crippen LogP contribution in [0.4, 0.5) is 4.79 Å². The van der Waals surface area contributed by atoms with E-state index in [4.69, 9.17) is 7.48 Å². The summed E-state index contributed by atoms with van der Waals surface area (Å²) in [5.41, 5.74) is -2.45. The summed E-state index contributed by atoms with van der Waals surface area (Å²) in [6.07, 6.45) is -1.18. The molecule has 1 fully saturated rings. The summed E-state index contributed by atoms with van der Waals surface area (Å²) in [6.45, 7) is 1.31. The monoisotopic (exact) mass is 509 g/mol. The maximum absolute atomic E-state index is 13.0. The van der Waals surface area contributed by atoms with Crippen LogP contribution in [0.5, 0.6) is 0 Å². The van der Waals surface area contributed by atoms with Crippen LogP contribution in [-0.2, 0) is 31.0 Å². The summed E-state index contributed by atoms with van der Waals surface area (Å²) >= 11 is 0. The molecule has 1 aliphatic rings. The minimum Gasteiger partial charge on any atom is -0.746 e. The van der Waals surface area contributed by atoms with Gasteiger partial charge in [0.25, 0.3) is 0 Å². The number of carbonyl (C=O) groups excluding carboxylic acids is 3. The van der Waals surface area contributed by atoms with E-state index in [1.807, 2.05) is 0 Å². The van der Waals surface area contributed by atoms with Crippen LogP contribution in [0.3, 0.4) is 0 Å². The van der Waals surface area contributed by atoms with Crippen LogP contribution >= 0.6 is 0 Å². The second-order valence-corrected chi connectivity index (χ2v) is 9.66. The second-order valence-electron chi connectivity index (χ2n) is 8.19. The second kappa shape index (κ2) is 14.0. The Labute approximate surface area is 224 Å². The molecule has 3 amide bonds. The molecule has 0 radical (unpaired) electrons. The van der Waals surface area contributed by atoms with Gasteiger partial charge in [-0.2, -0.15) is 0 Å². The average molecular weight is 510 g/mol. The van der Waals surface area contributed by atoms with Crippen LogP contribution < -0.4 is 45.5 Å². The first-order chi connectivity index (χ1) is 16.2. The van der Waals surface area contributed by atoms with Crippen molar-refractivity contribution in [1.29, 1.82) is 0 Å². The number of alkyl carbamates (subject to hydrolysis) is 1. The number of aliphatic hydroxyl groups is 1. The van der Waals surface area contributed by atoms with Gasteiger partial charge < -0.3 is 30.3 Å². The van der Waals surface area contributed by atoms with Crippen molar-refractivity contribution in [2.75, 3.05) is 6.54 Å². The molecule has 13 heteroatoms. The van der Waals surface area contributed by atoms with E-state index >= 15 is 0 Å². The summed E-state index contributed by atoms with van der Waals surface area (Å²) in [4.78, 5) is 37.3. The predicted molar refractivity (Wildman–Crippen MR) is 116 cm³/mol. The van der Waals surface area contributed by atoms with Gasteiger partial charge in [0, 0.05) is 12.5 Å². The number of hydrogen-bond acceptors (Lipinski definition) is 8. The molecule has 1 aliphatic heterocycles. The van der Waals surface area contributed by atoms with E-state index in [-0.39, 0.29) is 53.9 Å². The van der Waals surface area contributed by atoms with E-state index in [0.29, 0.717) is 13.0 Å². The number of ether oxygens (including phenoxy) is 1. The quantitative estimate of drug-likeness (QED) is 0.183. The third-order valence-corrected chi connectivity index (χ3v) is 5.94. The van der Waals surface area contributed by atoms with Crippen molar-refractivity contribution >= 4 is 28.0 Å². The van der Waals surface area contributed by atoms with Crippen LogP contribution in [0, 0.1) is 11.8 Å². The van der Waals surface area contributed by atoms with Crippen LogP contribution in [0.2, 0.25) is 0 Å². The first kappa shape index (κ1) is 26.9. The molecule has 1 saturated heterocycles. The van der Waals surface area contributed by atoms with Gasteiger partial charge in [-0.3, -0.25) is 9.59 Å². The topological polar surface area (TPSA) is 174 Å². The Balaban J connectivity index is 0.00000648. The molecule has 1 unspecified atom stereocenters. The summed E-state index contributed by atoms with van der Waals surface area (Å²) in [7, 11) is -5.24. The van der Waals surface area contributed by atoms with Crippen molar-refractivity contribution < 1.29 is 69.5 Å². The van der Waals surface area contributed by atoms with Crippen molar-refractivity contribution in [2.45, 2.75) is 57.2 Å². The number of rotatable bonds is 11. The van der Waals surface area contributed by atoms with Crippen molar-refractivity contribution in [2.24, 2.45) is 11.8 Å². The fourth-order valence-electron chi connectivity index (χ4n) is 3.39. The molecule has 0 saturated carbocycles. The number of nitrogens with one attached hydrogen (secondary N) is 3. The van der Waals surface area contributed by atoms with Gasteiger partial charge in [0.05, 0.1) is 8.78 Å². The zero-order chi connectivity index (χ0) is 26.4. The van der Waals surface area contributed by atoms with Crippen LogP contribution in [0.25, 0.3) is 0 Å². The molecule has 4 atom stereocenters. The van der Waals surface area contributed by atoms with Crippen molar-refractivity contribution in [1.82, 2.24) is 16.0 Å². The Morgan fingerprint density at radius 3 is 2.47 bits per heavy atom. The van der Waals surface area contributed by atoms with Crippen molar-refractivity contribution in [3.05, 3.63) is 35.9 Å². The van der Waals surface area contributed by atoms with Gasteiger partial charge in [0.1, 0.15) is 22.7 Å². The summed E-state index contributed by atoms with van der Waals surface area (Å²) in [5.74, 6) is -2.20. The third-order valence-electron chi connectivity index (χ3n) is 5.02. The molecule has 0 spiro atoms. The molecule has 0 bridgehead atoms. The minimum absolute atomic E-state index is 0. The SMILES string of the molecule is [2H]C([2H])(OC(=O)N[C@@H](CC(C)C)C(=O)N[C@@H](C[C@@H]1CCNC1=O)C(O)S(=O)(=O)[O-])c1ccccc1.[Na+]. The Morgan fingerprint density at radius 2 is 1.94 bits per heavy atom. The van der Waals surface area contributed by atoms with E-state index in [2.05, 4.69) is 16.0 Å². The van der Waals surface area contributed by atoms with E-state index in [1.54, 1.807) is 32.0 Å². The molecule has 11 nitrogen and oxygen atoms in total. The van der Waals surface area contributed by atoms with Gasteiger partial charge in [-0.1, -0.05) is 44.2 Å². The van der Waals surface area contributed by atoms with E-state index < -0.39 is 58.0 Å². The Morgan fingerprint density at radius 1 is 1.29 bits per heavy atom. The van der Waals surface area contributed by atoms with Crippen LogP contribution in [-0.4, -0.2) is 60.0 Å². The number of aliphatic hydroxyl groups excluding tert-OH is 1. The van der Waals surface area contributed by atoms with Gasteiger partial charge in [0.2, 0.25) is 11.8 Å². The Bertz CT molecular complexity index is 1010. The number of carbonyl (C=O) groups is 3. The standard InChI is InChI=1S/C21H31N3O8S.Na/c1-13(2)10-16(24-21(28)32-12-14-6-4-3-5-7-14)19(26)23-17(20(27)33(29,30)31)11-15-8-9-22-18(15)25;/h3-7,13,15-17,20,27H,8-12H2,1-2H3,(H,22,25)(H,23,26)(H,24,28)(H,29,30,31);/q;+1/p-1/t15-,16-,17-,20?;/m0./s1/i12D2;. The molecular weight excluding hydrogens is 477 g/mol. The van der Waals surface area contributed by atoms with Crippen LogP contribution in [0.1, 0.15) is 41.4 Å². The van der Waals surface area contributed by atoms with Gasteiger partial charge in [0.15, 0.2) is 5.44 Å². The summed E-state index contributed by atoms with van der Waals surface area (Å²) in [5, 5.41) is 17.1. The normalized spacial score (nSPS) is 19.6. The maximum atomic E-state index is 13.0. The Hall–Kier alpha value is -1.70. The molecule has 34 heavy (non-hydrogen) atoms. The van der Waals surface area contributed by atoms with Crippen molar-refractivity contribution in [3.8, 4) is 0 Å². The summed E-state index contributed by atoms with van der Waals surface area (Å²) in [6, 6.07) is 4.69. The first-order valence-electron chi connectivity index (χ1n) is 11.5. The zero-order valence-corrected chi connectivity index (χ0v) is 22.1. The maximum Gasteiger partial charge on any atom is 1.00 e. The number of benzene rings is 1. The predicted octanol–water partition coefficient (Wildman–Crippen LogP) is -2.79.